The predicted octanol–water partition coefficient (Wildman–Crippen LogP) is 6.77. The number of imide groups is 1. The molecule has 1 aliphatic rings. The van der Waals surface area contributed by atoms with Gasteiger partial charge in [-0.05, 0) is 88.0 Å². The summed E-state index contributed by atoms with van der Waals surface area (Å²) in [4.78, 5) is 26.8. The number of carbonyl (C=O) groups is 2. The molecule has 8 heteroatoms. The molecule has 0 unspecified atom stereocenters. The second kappa shape index (κ2) is 9.97. The van der Waals surface area contributed by atoms with Crippen molar-refractivity contribution in [3.8, 4) is 11.5 Å². The molecule has 0 saturated carbocycles. The minimum Gasteiger partial charge on any atom is -0.493 e. The van der Waals surface area contributed by atoms with Crippen LogP contribution >= 0.6 is 46.0 Å². The Kier molecular flexibility index (Phi) is 7.07. The van der Waals surface area contributed by atoms with E-state index in [0.29, 0.717) is 33.7 Å². The lowest BCUT2D eigenvalue weighted by molar-refractivity contribution is -0.113. The minimum atomic E-state index is -0.344. The van der Waals surface area contributed by atoms with Crippen molar-refractivity contribution >= 4 is 68.9 Å². The quantitative estimate of drug-likeness (QED) is 0.239. The first-order valence-corrected chi connectivity index (χ1v) is 11.8. The highest BCUT2D eigenvalue weighted by Crippen LogP contribution is 2.39. The molecule has 1 saturated heterocycles. The largest absolute Gasteiger partial charge is 0.493 e. The Morgan fingerprint density at radius 3 is 2.47 bits per heavy atom. The van der Waals surface area contributed by atoms with Gasteiger partial charge in [-0.1, -0.05) is 41.9 Å². The zero-order chi connectivity index (χ0) is 22.7. The molecule has 5 nitrogen and oxygen atoms in total. The summed E-state index contributed by atoms with van der Waals surface area (Å²) in [6.07, 6.45) is 1.70. The zero-order valence-electron chi connectivity index (χ0n) is 16.9. The summed E-state index contributed by atoms with van der Waals surface area (Å²) < 4.78 is 12.3. The highest BCUT2D eigenvalue weighted by Gasteiger charge is 2.36. The second-order valence-corrected chi connectivity index (χ2v) is 9.39. The topological polar surface area (TPSA) is 55.8 Å². The summed E-state index contributed by atoms with van der Waals surface area (Å²) in [5, 5.41) is 0.346. The van der Waals surface area contributed by atoms with E-state index in [0.717, 1.165) is 26.5 Å². The van der Waals surface area contributed by atoms with E-state index in [1.54, 1.807) is 43.5 Å². The molecule has 3 aromatic carbocycles. The van der Waals surface area contributed by atoms with Crippen molar-refractivity contribution < 1.29 is 19.1 Å². The molecular weight excluding hydrogens is 561 g/mol. The Morgan fingerprint density at radius 1 is 1.06 bits per heavy atom. The van der Waals surface area contributed by atoms with Gasteiger partial charge in [-0.3, -0.25) is 9.59 Å². The van der Waals surface area contributed by atoms with Crippen LogP contribution in [0.2, 0.25) is 5.02 Å². The SMILES string of the molecule is COc1cc(/C=C2/SC(=O)N(c3ccccc3)C2=O)cc(I)c1OCc1ccc(Cl)cc1. The van der Waals surface area contributed by atoms with Gasteiger partial charge in [-0.2, -0.15) is 0 Å². The van der Waals surface area contributed by atoms with Crippen LogP contribution in [0.3, 0.4) is 0 Å². The number of rotatable bonds is 6. The number of methoxy groups -OCH3 is 1. The van der Waals surface area contributed by atoms with Gasteiger partial charge in [0.25, 0.3) is 11.1 Å². The van der Waals surface area contributed by atoms with Crippen LogP contribution in [-0.2, 0) is 11.4 Å². The highest BCUT2D eigenvalue weighted by molar-refractivity contribution is 14.1. The molecule has 32 heavy (non-hydrogen) atoms. The molecule has 1 heterocycles. The Labute approximate surface area is 208 Å². The Bertz CT molecular complexity index is 1200. The summed E-state index contributed by atoms with van der Waals surface area (Å²) in [5.41, 5.74) is 2.27. The Hall–Kier alpha value is -2.49. The van der Waals surface area contributed by atoms with Crippen molar-refractivity contribution in [3.63, 3.8) is 0 Å². The van der Waals surface area contributed by atoms with E-state index in [1.165, 1.54) is 4.90 Å². The maximum atomic E-state index is 12.9. The standard InChI is InChI=1S/C24H17ClINO4S/c1-30-20-12-16(11-19(26)22(20)31-14-15-7-9-17(25)10-8-15)13-21-23(28)27(24(29)32-21)18-5-3-2-4-6-18/h2-13H,14H2,1H3/b21-13+. The third kappa shape index (κ3) is 4.95. The summed E-state index contributed by atoms with van der Waals surface area (Å²) in [6.45, 7) is 0.360. The van der Waals surface area contributed by atoms with Crippen molar-refractivity contribution in [1.82, 2.24) is 0 Å². The number of hydrogen-bond donors (Lipinski definition) is 0. The van der Waals surface area contributed by atoms with Crippen molar-refractivity contribution in [1.29, 1.82) is 0 Å². The lowest BCUT2D eigenvalue weighted by Crippen LogP contribution is -2.27. The smallest absolute Gasteiger partial charge is 0.298 e. The number of hydrogen-bond acceptors (Lipinski definition) is 5. The summed E-state index contributed by atoms with van der Waals surface area (Å²) in [7, 11) is 1.56. The summed E-state index contributed by atoms with van der Waals surface area (Å²) in [5.74, 6) is 0.806. The maximum Gasteiger partial charge on any atom is 0.298 e. The molecule has 0 atom stereocenters. The van der Waals surface area contributed by atoms with Crippen molar-refractivity contribution in [3.05, 3.63) is 91.4 Å². The number of nitrogens with zero attached hydrogens (tertiary/aromatic N) is 1. The predicted molar refractivity (Wildman–Crippen MR) is 136 cm³/mol. The monoisotopic (exact) mass is 577 g/mol. The zero-order valence-corrected chi connectivity index (χ0v) is 20.6. The van der Waals surface area contributed by atoms with Gasteiger partial charge < -0.3 is 9.47 Å². The summed E-state index contributed by atoms with van der Waals surface area (Å²) >= 11 is 9.02. The van der Waals surface area contributed by atoms with E-state index in [9.17, 15) is 9.59 Å². The molecule has 1 fully saturated rings. The number of benzene rings is 3. The van der Waals surface area contributed by atoms with Crippen LogP contribution in [0.5, 0.6) is 11.5 Å². The Morgan fingerprint density at radius 2 is 1.78 bits per heavy atom. The van der Waals surface area contributed by atoms with Gasteiger partial charge >= 0.3 is 0 Å². The number of para-hydroxylation sites is 1. The molecule has 0 spiro atoms. The molecule has 1 aliphatic heterocycles. The van der Waals surface area contributed by atoms with Gasteiger partial charge in [0, 0.05) is 5.02 Å². The third-order valence-electron chi connectivity index (χ3n) is 4.65. The number of anilines is 1. The van der Waals surface area contributed by atoms with Crippen LogP contribution in [-0.4, -0.2) is 18.3 Å². The molecule has 0 N–H and O–H groups in total. The van der Waals surface area contributed by atoms with Crippen molar-refractivity contribution in [2.45, 2.75) is 6.61 Å². The van der Waals surface area contributed by atoms with Crippen LogP contribution in [0.1, 0.15) is 11.1 Å². The second-order valence-electron chi connectivity index (χ2n) is 6.80. The van der Waals surface area contributed by atoms with Gasteiger partial charge in [0.2, 0.25) is 0 Å². The first-order chi connectivity index (χ1) is 15.5. The van der Waals surface area contributed by atoms with Gasteiger partial charge in [0.05, 0.1) is 21.3 Å². The van der Waals surface area contributed by atoms with Crippen LogP contribution in [0.15, 0.2) is 71.6 Å². The third-order valence-corrected chi connectivity index (χ3v) is 6.58. The van der Waals surface area contributed by atoms with E-state index in [2.05, 4.69) is 22.6 Å². The minimum absolute atomic E-state index is 0.322. The van der Waals surface area contributed by atoms with Crippen LogP contribution in [0, 0.1) is 3.57 Å². The van der Waals surface area contributed by atoms with Gasteiger partial charge in [-0.25, -0.2) is 4.90 Å². The normalized spacial score (nSPS) is 14.8. The van der Waals surface area contributed by atoms with Crippen LogP contribution in [0.4, 0.5) is 10.5 Å². The highest BCUT2D eigenvalue weighted by atomic mass is 127. The van der Waals surface area contributed by atoms with Crippen LogP contribution < -0.4 is 14.4 Å². The lowest BCUT2D eigenvalue weighted by atomic mass is 10.1. The van der Waals surface area contributed by atoms with E-state index in [4.69, 9.17) is 21.1 Å². The fourth-order valence-corrected chi connectivity index (χ4v) is 4.87. The van der Waals surface area contributed by atoms with E-state index < -0.39 is 0 Å². The first kappa shape index (κ1) is 22.7. The van der Waals surface area contributed by atoms with E-state index in [1.807, 2.05) is 36.4 Å². The average Bonchev–Trinajstić information content (AvgIpc) is 3.07. The first-order valence-electron chi connectivity index (χ1n) is 9.54. The number of carbonyl (C=O) groups excluding carboxylic acids is 2. The lowest BCUT2D eigenvalue weighted by Gasteiger charge is -2.14. The molecule has 0 aromatic heterocycles. The molecule has 4 rings (SSSR count). The van der Waals surface area contributed by atoms with Gasteiger partial charge in [-0.15, -0.1) is 0 Å². The molecular formula is C24H17ClINO4S. The molecule has 0 bridgehead atoms. The van der Waals surface area contributed by atoms with E-state index >= 15 is 0 Å². The van der Waals surface area contributed by atoms with Crippen LogP contribution in [0.25, 0.3) is 6.08 Å². The summed E-state index contributed by atoms with van der Waals surface area (Å²) in [6, 6.07) is 20.0. The number of thioether (sulfide) groups is 1. The number of halogens is 2. The molecule has 2 amide bonds. The van der Waals surface area contributed by atoms with Gasteiger partial charge in [0.1, 0.15) is 6.61 Å². The maximum absolute atomic E-state index is 12.9. The van der Waals surface area contributed by atoms with Crippen molar-refractivity contribution in [2.75, 3.05) is 12.0 Å². The fraction of sp³-hybridized carbons (Fsp3) is 0.0833. The van der Waals surface area contributed by atoms with Gasteiger partial charge in [0.15, 0.2) is 11.5 Å². The van der Waals surface area contributed by atoms with Crippen molar-refractivity contribution in [2.24, 2.45) is 0 Å². The number of amides is 2. The molecule has 162 valence electrons. The number of ether oxygens (including phenoxy) is 2. The fourth-order valence-electron chi connectivity index (χ4n) is 3.12. The molecule has 0 radical (unpaired) electrons. The Balaban J connectivity index is 1.57. The average molecular weight is 578 g/mol. The molecule has 3 aromatic rings. The van der Waals surface area contributed by atoms with E-state index in [-0.39, 0.29) is 11.1 Å². The molecule has 0 aliphatic carbocycles.